The van der Waals surface area contributed by atoms with Crippen molar-refractivity contribution < 1.29 is 22.8 Å². The molecule has 2 aliphatic heterocycles. The van der Waals surface area contributed by atoms with Gasteiger partial charge in [0.2, 0.25) is 0 Å². The van der Waals surface area contributed by atoms with E-state index in [4.69, 9.17) is 0 Å². The molecule has 0 aliphatic carbocycles. The molecular weight excluding hydrogens is 335 g/mol. The largest absolute Gasteiger partial charge is 0.393 e. The summed E-state index contributed by atoms with van der Waals surface area (Å²) in [5.74, 6) is -1.79. The standard InChI is InChI=1S/C17H20F3N3O2/c1-12-15(24)22(16(25)23(12)14-7-3-2-4-8-14)11-21-9-5-6-13(10-21)17(18,19)20/h2-4,7-8,12-13H,5-6,9-11H2,1H3/t12-,13+/m1/s1. The fourth-order valence-electron chi connectivity index (χ4n) is 3.43. The van der Waals surface area contributed by atoms with Crippen LogP contribution in [-0.4, -0.2) is 53.7 Å². The normalized spacial score (nSPS) is 25.8. The van der Waals surface area contributed by atoms with Crippen LogP contribution < -0.4 is 4.90 Å². The van der Waals surface area contributed by atoms with E-state index in [0.29, 0.717) is 18.7 Å². The fraction of sp³-hybridized carbons (Fsp3) is 0.529. The molecule has 0 spiro atoms. The second-order valence-electron chi connectivity index (χ2n) is 6.53. The third kappa shape index (κ3) is 3.49. The number of anilines is 1. The first-order valence-corrected chi connectivity index (χ1v) is 8.27. The molecule has 2 saturated heterocycles. The van der Waals surface area contributed by atoms with Crippen molar-refractivity contribution in [1.82, 2.24) is 9.80 Å². The number of urea groups is 1. The number of piperidine rings is 1. The Hall–Kier alpha value is -2.09. The first-order valence-electron chi connectivity index (χ1n) is 8.27. The molecule has 0 unspecified atom stereocenters. The van der Waals surface area contributed by atoms with Crippen LogP contribution in [-0.2, 0) is 4.79 Å². The zero-order valence-electron chi connectivity index (χ0n) is 13.9. The van der Waals surface area contributed by atoms with Crippen molar-refractivity contribution in [2.75, 3.05) is 24.7 Å². The van der Waals surface area contributed by atoms with Crippen LogP contribution in [0.2, 0.25) is 0 Å². The Labute approximate surface area is 144 Å². The number of hydrogen-bond acceptors (Lipinski definition) is 3. The average molecular weight is 355 g/mol. The molecule has 3 rings (SSSR count). The van der Waals surface area contributed by atoms with Crippen molar-refractivity contribution >= 4 is 17.6 Å². The van der Waals surface area contributed by atoms with E-state index in [1.807, 2.05) is 0 Å². The second-order valence-corrected chi connectivity index (χ2v) is 6.53. The van der Waals surface area contributed by atoms with Crippen molar-refractivity contribution in [3.8, 4) is 0 Å². The van der Waals surface area contributed by atoms with Crippen LogP contribution in [0, 0.1) is 5.92 Å². The molecule has 0 N–H and O–H groups in total. The van der Waals surface area contributed by atoms with E-state index in [1.165, 1.54) is 4.90 Å². The van der Waals surface area contributed by atoms with E-state index in [-0.39, 0.29) is 25.5 Å². The summed E-state index contributed by atoms with van der Waals surface area (Å²) in [6.45, 7) is 1.80. The van der Waals surface area contributed by atoms with Gasteiger partial charge >= 0.3 is 12.2 Å². The highest BCUT2D eigenvalue weighted by Gasteiger charge is 2.46. The van der Waals surface area contributed by atoms with Gasteiger partial charge in [-0.25, -0.2) is 9.69 Å². The third-order valence-corrected chi connectivity index (χ3v) is 4.79. The van der Waals surface area contributed by atoms with Gasteiger partial charge in [0.05, 0.1) is 12.6 Å². The summed E-state index contributed by atoms with van der Waals surface area (Å²) in [4.78, 5) is 29.1. The number of halogens is 3. The first kappa shape index (κ1) is 17.7. The Balaban J connectivity index is 1.73. The SMILES string of the molecule is C[C@@H]1C(=O)N(CN2CCC[C@H](C(F)(F)F)C2)C(=O)N1c1ccccc1. The van der Waals surface area contributed by atoms with Crippen molar-refractivity contribution in [3.63, 3.8) is 0 Å². The second kappa shape index (κ2) is 6.67. The molecule has 3 amide bonds. The molecule has 2 heterocycles. The number of carbonyl (C=O) groups excluding carboxylic acids is 2. The van der Waals surface area contributed by atoms with Crippen LogP contribution >= 0.6 is 0 Å². The predicted molar refractivity (Wildman–Crippen MR) is 85.8 cm³/mol. The van der Waals surface area contributed by atoms with E-state index in [2.05, 4.69) is 0 Å². The molecule has 1 aromatic carbocycles. The van der Waals surface area contributed by atoms with E-state index in [1.54, 1.807) is 42.2 Å². The number of nitrogens with zero attached hydrogens (tertiary/aromatic N) is 3. The summed E-state index contributed by atoms with van der Waals surface area (Å²) >= 11 is 0. The van der Waals surface area contributed by atoms with Gasteiger partial charge in [0.25, 0.3) is 5.91 Å². The van der Waals surface area contributed by atoms with Crippen molar-refractivity contribution in [1.29, 1.82) is 0 Å². The fourth-order valence-corrected chi connectivity index (χ4v) is 3.43. The number of benzene rings is 1. The Kier molecular flexibility index (Phi) is 4.73. The molecule has 5 nitrogen and oxygen atoms in total. The van der Waals surface area contributed by atoms with Crippen LogP contribution in [0.25, 0.3) is 0 Å². The summed E-state index contributed by atoms with van der Waals surface area (Å²) in [6, 6.07) is 7.63. The topological polar surface area (TPSA) is 43.9 Å². The number of rotatable bonds is 3. The van der Waals surface area contributed by atoms with E-state index in [0.717, 1.165) is 4.90 Å². The number of para-hydroxylation sites is 1. The quantitative estimate of drug-likeness (QED) is 0.783. The van der Waals surface area contributed by atoms with Gasteiger partial charge in [0, 0.05) is 12.2 Å². The number of hydrogen-bond donors (Lipinski definition) is 0. The zero-order valence-corrected chi connectivity index (χ0v) is 13.9. The van der Waals surface area contributed by atoms with Crippen LogP contribution in [0.15, 0.2) is 30.3 Å². The molecule has 2 fully saturated rings. The van der Waals surface area contributed by atoms with E-state index in [9.17, 15) is 22.8 Å². The predicted octanol–water partition coefficient (Wildman–Crippen LogP) is 3.08. The minimum absolute atomic E-state index is 0.0917. The zero-order chi connectivity index (χ0) is 18.2. The Bertz CT molecular complexity index is 650. The molecule has 0 aromatic heterocycles. The summed E-state index contributed by atoms with van der Waals surface area (Å²) in [5.41, 5.74) is 0.600. The first-order chi connectivity index (χ1) is 11.8. The minimum atomic E-state index is -4.25. The number of carbonyl (C=O) groups is 2. The maximum Gasteiger partial charge on any atom is 0.393 e. The molecule has 8 heteroatoms. The van der Waals surface area contributed by atoms with Gasteiger partial charge in [-0.1, -0.05) is 18.2 Å². The van der Waals surface area contributed by atoms with E-state index < -0.39 is 24.2 Å². The highest BCUT2D eigenvalue weighted by Crippen LogP contribution is 2.33. The smallest absolute Gasteiger partial charge is 0.285 e. The highest BCUT2D eigenvalue weighted by molar-refractivity contribution is 6.13. The van der Waals surface area contributed by atoms with Crippen molar-refractivity contribution in [2.45, 2.75) is 32.0 Å². The average Bonchev–Trinajstić information content (AvgIpc) is 2.79. The Morgan fingerprint density at radius 1 is 1.16 bits per heavy atom. The number of amides is 3. The molecular formula is C17H20F3N3O2. The molecule has 0 radical (unpaired) electrons. The summed E-state index contributed by atoms with van der Waals surface area (Å²) in [5, 5.41) is 0. The number of alkyl halides is 3. The molecule has 0 saturated carbocycles. The lowest BCUT2D eigenvalue weighted by molar-refractivity contribution is -0.187. The molecule has 1 aromatic rings. The monoisotopic (exact) mass is 355 g/mol. The Morgan fingerprint density at radius 2 is 1.84 bits per heavy atom. The van der Waals surface area contributed by atoms with E-state index >= 15 is 0 Å². The molecule has 2 aliphatic rings. The Morgan fingerprint density at radius 3 is 2.48 bits per heavy atom. The van der Waals surface area contributed by atoms with Gasteiger partial charge in [-0.2, -0.15) is 13.2 Å². The third-order valence-electron chi connectivity index (χ3n) is 4.79. The maximum absolute atomic E-state index is 12.9. The minimum Gasteiger partial charge on any atom is -0.285 e. The van der Waals surface area contributed by atoms with Gasteiger partial charge < -0.3 is 0 Å². The summed E-state index contributed by atoms with van der Waals surface area (Å²) in [7, 11) is 0. The molecule has 136 valence electrons. The lowest BCUT2D eigenvalue weighted by Gasteiger charge is -2.35. The van der Waals surface area contributed by atoms with Crippen LogP contribution in [0.3, 0.4) is 0 Å². The molecule has 2 atom stereocenters. The van der Waals surface area contributed by atoms with Crippen molar-refractivity contribution in [2.24, 2.45) is 5.92 Å². The lowest BCUT2D eigenvalue weighted by atomic mass is 9.98. The summed E-state index contributed by atoms with van der Waals surface area (Å²) in [6.07, 6.45) is -3.76. The van der Waals surface area contributed by atoms with Gasteiger partial charge in [0.15, 0.2) is 0 Å². The van der Waals surface area contributed by atoms with Gasteiger partial charge in [-0.3, -0.25) is 14.6 Å². The van der Waals surface area contributed by atoms with Gasteiger partial charge in [0.1, 0.15) is 6.04 Å². The lowest BCUT2D eigenvalue weighted by Crippen LogP contribution is -2.48. The van der Waals surface area contributed by atoms with Gasteiger partial charge in [-0.05, 0) is 38.4 Å². The number of likely N-dealkylation sites (tertiary alicyclic amines) is 1. The molecule has 25 heavy (non-hydrogen) atoms. The maximum atomic E-state index is 12.9. The van der Waals surface area contributed by atoms with Crippen LogP contribution in [0.5, 0.6) is 0 Å². The highest BCUT2D eigenvalue weighted by atomic mass is 19.4. The molecule has 0 bridgehead atoms. The van der Waals surface area contributed by atoms with Crippen LogP contribution in [0.1, 0.15) is 19.8 Å². The van der Waals surface area contributed by atoms with Gasteiger partial charge in [-0.15, -0.1) is 0 Å². The summed E-state index contributed by atoms with van der Waals surface area (Å²) < 4.78 is 38.8. The number of imide groups is 1. The van der Waals surface area contributed by atoms with Crippen molar-refractivity contribution in [3.05, 3.63) is 30.3 Å². The van der Waals surface area contributed by atoms with Crippen LogP contribution in [0.4, 0.5) is 23.7 Å².